The molecule has 7 unspecified atom stereocenters. The van der Waals surface area contributed by atoms with Crippen LogP contribution in [0.15, 0.2) is 60.8 Å². The molecule has 1 aliphatic rings. The summed E-state index contributed by atoms with van der Waals surface area (Å²) in [7, 11) is 0. The summed E-state index contributed by atoms with van der Waals surface area (Å²) < 4.78 is 11.2. The quantitative estimate of drug-likeness (QED) is 0.0262. The standard InChI is InChI=1S/C53H95NO8/c1-3-5-7-9-11-13-15-17-19-20-21-22-23-24-25-26-27-28-29-31-33-35-37-39-41-43-49(57)54-46(45-61-53-52(60)51(59)50(58)48(44-55)62-53)47(56)42-40-38-36-34-32-30-18-16-14-12-10-8-6-4-2/h14,16,21-22,24-25,32,34,40,42,46-48,50-53,55-56,58-60H,3-13,15,17-20,23,26-31,33,35-39,41,43-45H2,1-2H3,(H,54,57)/b16-14+,22-21-,25-24-,34-32+,42-40+. The van der Waals surface area contributed by atoms with Gasteiger partial charge in [0.15, 0.2) is 6.29 Å². The van der Waals surface area contributed by atoms with Gasteiger partial charge >= 0.3 is 0 Å². The minimum Gasteiger partial charge on any atom is -0.394 e. The van der Waals surface area contributed by atoms with Gasteiger partial charge in [0, 0.05) is 6.42 Å². The van der Waals surface area contributed by atoms with Gasteiger partial charge in [0.1, 0.15) is 24.4 Å². The van der Waals surface area contributed by atoms with E-state index in [1.807, 2.05) is 6.08 Å². The number of rotatable bonds is 42. The van der Waals surface area contributed by atoms with Crippen LogP contribution < -0.4 is 5.32 Å². The third kappa shape index (κ3) is 32.5. The van der Waals surface area contributed by atoms with Crippen molar-refractivity contribution in [3.8, 4) is 0 Å². The zero-order valence-electron chi connectivity index (χ0n) is 39.6. The van der Waals surface area contributed by atoms with E-state index in [1.54, 1.807) is 6.08 Å². The van der Waals surface area contributed by atoms with Gasteiger partial charge in [-0.05, 0) is 77.0 Å². The molecular weight excluding hydrogens is 779 g/mol. The van der Waals surface area contributed by atoms with Crippen LogP contribution >= 0.6 is 0 Å². The van der Waals surface area contributed by atoms with Crippen LogP contribution in [-0.2, 0) is 14.3 Å². The molecule has 0 aliphatic carbocycles. The number of nitrogens with one attached hydrogen (secondary N) is 1. The lowest BCUT2D eigenvalue weighted by molar-refractivity contribution is -0.302. The zero-order chi connectivity index (χ0) is 45.1. The monoisotopic (exact) mass is 874 g/mol. The maximum atomic E-state index is 13.0. The molecule has 0 aromatic heterocycles. The minimum atomic E-state index is -1.58. The molecule has 9 heteroatoms. The van der Waals surface area contributed by atoms with Gasteiger partial charge in [0.05, 0.1) is 25.4 Å². The molecule has 1 amide bonds. The first-order chi connectivity index (χ1) is 30.3. The summed E-state index contributed by atoms with van der Waals surface area (Å²) >= 11 is 0. The molecule has 62 heavy (non-hydrogen) atoms. The Balaban J connectivity index is 2.28. The van der Waals surface area contributed by atoms with Crippen molar-refractivity contribution >= 4 is 5.91 Å². The Morgan fingerprint density at radius 1 is 0.548 bits per heavy atom. The fourth-order valence-corrected chi connectivity index (χ4v) is 7.69. The van der Waals surface area contributed by atoms with Crippen LogP contribution in [-0.4, -0.2) is 87.5 Å². The Morgan fingerprint density at radius 3 is 1.47 bits per heavy atom. The van der Waals surface area contributed by atoms with E-state index in [4.69, 9.17) is 9.47 Å². The number of carbonyl (C=O) groups excluding carboxylic acids is 1. The molecule has 0 bridgehead atoms. The van der Waals surface area contributed by atoms with Crippen molar-refractivity contribution < 1.29 is 39.8 Å². The molecular formula is C53H95NO8. The average molecular weight is 874 g/mol. The Kier molecular flexibility index (Phi) is 40.0. The molecule has 6 N–H and O–H groups in total. The van der Waals surface area contributed by atoms with Gasteiger partial charge in [-0.25, -0.2) is 0 Å². The molecule has 1 aliphatic heterocycles. The van der Waals surface area contributed by atoms with E-state index in [1.165, 1.54) is 122 Å². The van der Waals surface area contributed by atoms with E-state index in [0.29, 0.717) is 6.42 Å². The van der Waals surface area contributed by atoms with E-state index < -0.39 is 49.5 Å². The van der Waals surface area contributed by atoms with Crippen LogP contribution in [0.3, 0.4) is 0 Å². The van der Waals surface area contributed by atoms with Crippen LogP contribution in [0.4, 0.5) is 0 Å². The number of hydrogen-bond acceptors (Lipinski definition) is 8. The van der Waals surface area contributed by atoms with Crippen LogP contribution in [0, 0.1) is 0 Å². The molecule has 0 aromatic carbocycles. The van der Waals surface area contributed by atoms with Crippen molar-refractivity contribution in [1.82, 2.24) is 5.32 Å². The molecule has 0 aromatic rings. The van der Waals surface area contributed by atoms with Gasteiger partial charge in [-0.3, -0.25) is 4.79 Å². The summed E-state index contributed by atoms with van der Waals surface area (Å²) in [5.41, 5.74) is 0. The van der Waals surface area contributed by atoms with Crippen molar-refractivity contribution in [3.05, 3.63) is 60.8 Å². The molecule has 1 rings (SSSR count). The molecule has 1 saturated heterocycles. The number of allylic oxidation sites excluding steroid dienone is 9. The van der Waals surface area contributed by atoms with Crippen molar-refractivity contribution in [1.29, 1.82) is 0 Å². The molecule has 360 valence electrons. The predicted octanol–water partition coefficient (Wildman–Crippen LogP) is 11.6. The Morgan fingerprint density at radius 2 is 0.968 bits per heavy atom. The normalized spacial score (nSPS) is 20.8. The van der Waals surface area contributed by atoms with Gasteiger partial charge in [0.25, 0.3) is 0 Å². The van der Waals surface area contributed by atoms with Crippen LogP contribution in [0.2, 0.25) is 0 Å². The number of hydrogen-bond donors (Lipinski definition) is 6. The SMILES string of the molecule is CCCCCC/C=C/CC/C=C/CC/C=C/C(O)C(COC1OC(CO)C(O)C(O)C1O)NC(=O)CCCCCCCCCCC/C=C\C/C=C\CCCCCCCCCCC. The van der Waals surface area contributed by atoms with Crippen molar-refractivity contribution in [2.75, 3.05) is 13.2 Å². The number of unbranched alkanes of at least 4 members (excludes halogenated alkanes) is 24. The van der Waals surface area contributed by atoms with E-state index in [0.717, 1.165) is 70.6 Å². The molecule has 0 saturated carbocycles. The summed E-state index contributed by atoms with van der Waals surface area (Å²) in [4.78, 5) is 13.0. The fraction of sp³-hybridized carbons (Fsp3) is 0.792. The summed E-state index contributed by atoms with van der Waals surface area (Å²) in [6, 6.07) is -0.832. The summed E-state index contributed by atoms with van der Waals surface area (Å²) in [6.45, 7) is 3.72. The van der Waals surface area contributed by atoms with Crippen LogP contribution in [0.1, 0.15) is 213 Å². The third-order valence-electron chi connectivity index (χ3n) is 11.8. The molecule has 0 radical (unpaired) electrons. The van der Waals surface area contributed by atoms with Gasteiger partial charge in [0.2, 0.25) is 5.91 Å². The third-order valence-corrected chi connectivity index (χ3v) is 11.8. The van der Waals surface area contributed by atoms with E-state index in [9.17, 15) is 30.3 Å². The lowest BCUT2D eigenvalue weighted by Gasteiger charge is -2.40. The van der Waals surface area contributed by atoms with Gasteiger partial charge < -0.3 is 40.3 Å². The van der Waals surface area contributed by atoms with Crippen LogP contribution in [0.25, 0.3) is 0 Å². The molecule has 1 fully saturated rings. The zero-order valence-corrected chi connectivity index (χ0v) is 39.6. The number of ether oxygens (including phenoxy) is 2. The maximum Gasteiger partial charge on any atom is 0.220 e. The van der Waals surface area contributed by atoms with Gasteiger partial charge in [-0.15, -0.1) is 0 Å². The first kappa shape index (κ1) is 57.9. The lowest BCUT2D eigenvalue weighted by atomic mass is 9.99. The first-order valence-electron chi connectivity index (χ1n) is 25.5. The van der Waals surface area contributed by atoms with Crippen molar-refractivity contribution in [2.45, 2.75) is 256 Å². The fourth-order valence-electron chi connectivity index (χ4n) is 7.69. The lowest BCUT2D eigenvalue weighted by Crippen LogP contribution is -2.60. The van der Waals surface area contributed by atoms with Gasteiger partial charge in [-0.1, -0.05) is 190 Å². The Hall–Kier alpha value is -2.11. The van der Waals surface area contributed by atoms with Crippen LogP contribution in [0.5, 0.6) is 0 Å². The molecule has 1 heterocycles. The van der Waals surface area contributed by atoms with E-state index in [-0.39, 0.29) is 12.5 Å². The summed E-state index contributed by atoms with van der Waals surface area (Å²) in [5, 5.41) is 54.2. The highest BCUT2D eigenvalue weighted by molar-refractivity contribution is 5.76. The predicted molar refractivity (Wildman–Crippen MR) is 258 cm³/mol. The first-order valence-corrected chi connectivity index (χ1v) is 25.5. The van der Waals surface area contributed by atoms with E-state index in [2.05, 4.69) is 67.8 Å². The largest absolute Gasteiger partial charge is 0.394 e. The second-order valence-electron chi connectivity index (χ2n) is 17.6. The summed E-state index contributed by atoms with van der Waals surface area (Å²) in [6.07, 6.45) is 49.9. The molecule has 9 nitrogen and oxygen atoms in total. The topological polar surface area (TPSA) is 149 Å². The smallest absolute Gasteiger partial charge is 0.220 e. The number of amides is 1. The molecule has 7 atom stereocenters. The maximum absolute atomic E-state index is 13.0. The van der Waals surface area contributed by atoms with Crippen molar-refractivity contribution in [3.63, 3.8) is 0 Å². The Bertz CT molecular complexity index is 1150. The average Bonchev–Trinajstić information content (AvgIpc) is 3.27. The molecule has 0 spiro atoms. The Labute approximate surface area is 379 Å². The number of aliphatic hydroxyl groups is 5. The highest BCUT2D eigenvalue weighted by atomic mass is 16.7. The van der Waals surface area contributed by atoms with E-state index >= 15 is 0 Å². The highest BCUT2D eigenvalue weighted by Crippen LogP contribution is 2.22. The highest BCUT2D eigenvalue weighted by Gasteiger charge is 2.44. The second kappa shape index (κ2) is 42.8. The second-order valence-corrected chi connectivity index (χ2v) is 17.6. The number of aliphatic hydroxyl groups excluding tert-OH is 5. The minimum absolute atomic E-state index is 0.197. The van der Waals surface area contributed by atoms with Gasteiger partial charge in [-0.2, -0.15) is 0 Å². The number of carbonyl (C=O) groups is 1. The van der Waals surface area contributed by atoms with Crippen molar-refractivity contribution in [2.24, 2.45) is 0 Å². The summed E-state index contributed by atoms with van der Waals surface area (Å²) in [5.74, 6) is -0.197.